The molecule has 1 aliphatic heterocycles. The van der Waals surface area contributed by atoms with E-state index in [1.54, 1.807) is 39.1 Å². The number of nitrogens with zero attached hydrogens (tertiary/aromatic N) is 2. The highest BCUT2D eigenvalue weighted by Crippen LogP contribution is 2.65. The van der Waals surface area contributed by atoms with Crippen LogP contribution >= 0.6 is 11.3 Å². The average Bonchev–Trinajstić information content (AvgIpc) is 3.51. The number of Topliss-reactive ketones (excluding diaryl/α,β-unsaturated/α-hetero) is 1. The maximum Gasteiger partial charge on any atom is 0.390 e. The summed E-state index contributed by atoms with van der Waals surface area (Å²) in [5.74, 6) is -4.01. The van der Waals surface area contributed by atoms with Gasteiger partial charge in [-0.25, -0.2) is 13.2 Å². The third-order valence-corrected chi connectivity index (χ3v) is 13.7. The molecule has 7 atom stereocenters. The van der Waals surface area contributed by atoms with Crippen LogP contribution in [0.1, 0.15) is 81.1 Å². The maximum absolute atomic E-state index is 14.4. The minimum atomic E-state index is -4.53. The van der Waals surface area contributed by atoms with Crippen molar-refractivity contribution in [1.82, 2.24) is 30.5 Å². The van der Waals surface area contributed by atoms with E-state index in [1.807, 2.05) is 33.0 Å². The molecule has 0 bridgehead atoms. The number of carbonyl (C=O) groups is 5. The fraction of sp³-hybridized carbons (Fsp3) is 0.743. The largest absolute Gasteiger partial charge is 0.390 e. The average molecular weight is 793 g/mol. The number of rotatable bonds is 17. The van der Waals surface area contributed by atoms with Gasteiger partial charge in [0.1, 0.15) is 16.3 Å². The fourth-order valence-corrected chi connectivity index (χ4v) is 9.34. The number of hydrogen-bond donors (Lipinski definition) is 4. The molecular formula is C35H55F3N6O7S2. The molecule has 3 rings (SSSR count). The van der Waals surface area contributed by atoms with Gasteiger partial charge in [-0.05, 0) is 46.5 Å². The minimum Gasteiger partial charge on any atom is -0.349 e. The number of hydrogen-bond acceptors (Lipinski definition) is 8. The third kappa shape index (κ3) is 10.7. The lowest BCUT2D eigenvalue weighted by atomic mass is 9.85. The van der Waals surface area contributed by atoms with E-state index in [2.05, 4.69) is 16.0 Å². The van der Waals surface area contributed by atoms with Crippen LogP contribution < -0.4 is 21.3 Å². The van der Waals surface area contributed by atoms with Crippen LogP contribution in [-0.4, -0.2) is 104 Å². The smallest absolute Gasteiger partial charge is 0.349 e. The fourth-order valence-electron chi connectivity index (χ4n) is 6.94. The van der Waals surface area contributed by atoms with Crippen molar-refractivity contribution < 1.29 is 45.6 Å². The highest BCUT2D eigenvalue weighted by molar-refractivity contribution is 7.91. The molecule has 4 N–H and O–H groups in total. The van der Waals surface area contributed by atoms with E-state index >= 15 is 0 Å². The molecule has 0 radical (unpaired) electrons. The number of urea groups is 1. The Hall–Kier alpha value is -3.25. The summed E-state index contributed by atoms with van der Waals surface area (Å²) < 4.78 is 65.4. The summed E-state index contributed by atoms with van der Waals surface area (Å²) in [6.07, 6.45) is -4.81. The van der Waals surface area contributed by atoms with E-state index in [4.69, 9.17) is 0 Å². The van der Waals surface area contributed by atoms with Crippen molar-refractivity contribution in [3.8, 4) is 0 Å². The molecule has 300 valence electrons. The molecule has 5 amide bonds. The van der Waals surface area contributed by atoms with Gasteiger partial charge in [0.2, 0.25) is 17.6 Å². The molecular weight excluding hydrogens is 738 g/mol. The van der Waals surface area contributed by atoms with Crippen molar-refractivity contribution in [2.75, 3.05) is 26.7 Å². The standard InChI is InChI=1S/C35H55F3N6O7S2/c1-10-13-22(27(45)30(47)39-16-15-35(36,37)38)40-29(46)26-25-21(34(25,7)8)18-44(26)31(48)28(33(4,5)6)42-32(49)41-23(20(3)11-2)19-43(9)53(50,51)24-14-12-17-52-24/h12,14,17,20-23,25-26,28H,10-11,13,15-16,18-19H2,1-9H3,(H,39,47)(H,40,46)(H2,41,42,49)/t20-,21-,22?,23+,25-,26-,28+/m0/s1. The first-order valence-corrected chi connectivity index (χ1v) is 20.3. The highest BCUT2D eigenvalue weighted by atomic mass is 32.2. The molecule has 1 aliphatic carbocycles. The Morgan fingerprint density at radius 3 is 2.25 bits per heavy atom. The highest BCUT2D eigenvalue weighted by Gasteiger charge is 2.70. The zero-order chi connectivity index (χ0) is 40.3. The molecule has 2 aliphatic rings. The van der Waals surface area contributed by atoms with E-state index in [9.17, 15) is 45.6 Å². The van der Waals surface area contributed by atoms with Crippen molar-refractivity contribution in [3.05, 3.63) is 17.5 Å². The molecule has 1 unspecified atom stereocenters. The lowest BCUT2D eigenvalue weighted by Crippen LogP contribution is -2.62. The molecule has 2 fully saturated rings. The number of piperidine rings is 1. The summed E-state index contributed by atoms with van der Waals surface area (Å²) in [6, 6.07) is -1.66. The predicted molar refractivity (Wildman–Crippen MR) is 194 cm³/mol. The molecule has 18 heteroatoms. The van der Waals surface area contributed by atoms with Gasteiger partial charge < -0.3 is 26.2 Å². The SMILES string of the molecule is CCCC(NC(=O)[C@@H]1[C@@H]2[C@H](CN1C(=O)[C@@H](NC(=O)N[C@H](CN(C)S(=O)(=O)c1cccs1)[C@@H](C)CC)C(C)(C)C)C2(C)C)C(=O)C(=O)NCCC(F)(F)F. The van der Waals surface area contributed by atoms with Gasteiger partial charge in [0, 0.05) is 32.7 Å². The van der Waals surface area contributed by atoms with Crippen molar-refractivity contribution in [3.63, 3.8) is 0 Å². The maximum atomic E-state index is 14.4. The molecule has 0 aromatic carbocycles. The van der Waals surface area contributed by atoms with Gasteiger partial charge in [0.05, 0.1) is 12.5 Å². The molecule has 1 aromatic rings. The first-order valence-electron chi connectivity index (χ1n) is 17.9. The van der Waals surface area contributed by atoms with Crippen molar-refractivity contribution in [1.29, 1.82) is 0 Å². The number of fused-ring (bicyclic) bond motifs is 1. The van der Waals surface area contributed by atoms with Gasteiger partial charge in [0.25, 0.3) is 15.9 Å². The van der Waals surface area contributed by atoms with E-state index in [0.29, 0.717) is 12.8 Å². The molecule has 2 heterocycles. The topological polar surface area (TPSA) is 174 Å². The van der Waals surface area contributed by atoms with Crippen molar-refractivity contribution in [2.45, 2.75) is 116 Å². The van der Waals surface area contributed by atoms with Crippen LogP contribution in [-0.2, 0) is 29.2 Å². The summed E-state index contributed by atoms with van der Waals surface area (Å²) in [6.45, 7) is 14.1. The number of sulfonamides is 1. The molecule has 13 nitrogen and oxygen atoms in total. The van der Waals surface area contributed by atoms with E-state index in [0.717, 1.165) is 11.3 Å². The van der Waals surface area contributed by atoms with E-state index < -0.39 is 88.3 Å². The Balaban J connectivity index is 1.80. The number of alkyl halides is 3. The number of ketones is 1. The number of amides is 5. The van der Waals surface area contributed by atoms with Crippen LogP contribution in [0.3, 0.4) is 0 Å². The van der Waals surface area contributed by atoms with Gasteiger partial charge in [0.15, 0.2) is 0 Å². The van der Waals surface area contributed by atoms with Crippen LogP contribution in [0.25, 0.3) is 0 Å². The molecule has 1 saturated carbocycles. The summed E-state index contributed by atoms with van der Waals surface area (Å²) in [5, 5.41) is 11.9. The second-order valence-corrected chi connectivity index (χ2v) is 19.1. The van der Waals surface area contributed by atoms with Gasteiger partial charge in [-0.2, -0.15) is 17.5 Å². The first kappa shape index (κ1) is 44.1. The minimum absolute atomic E-state index is 0.0262. The number of likely N-dealkylation sites (tertiary alicyclic amines) is 1. The molecule has 0 spiro atoms. The van der Waals surface area contributed by atoms with Gasteiger partial charge in [-0.3, -0.25) is 19.2 Å². The lowest BCUT2D eigenvalue weighted by molar-refractivity contribution is -0.146. The predicted octanol–water partition coefficient (Wildman–Crippen LogP) is 3.90. The van der Waals surface area contributed by atoms with Crippen LogP contribution in [0.2, 0.25) is 0 Å². The Labute approximate surface area is 314 Å². The number of nitrogens with one attached hydrogen (secondary N) is 4. The van der Waals surface area contributed by atoms with Crippen LogP contribution in [0, 0.1) is 28.6 Å². The first-order chi connectivity index (χ1) is 24.4. The Bertz CT molecular complexity index is 1600. The number of thiophene rings is 1. The summed E-state index contributed by atoms with van der Waals surface area (Å²) in [7, 11) is -2.36. The third-order valence-electron chi connectivity index (χ3n) is 10.5. The van der Waals surface area contributed by atoms with Crippen LogP contribution in [0.5, 0.6) is 0 Å². The Kier molecular flexibility index (Phi) is 14.2. The molecule has 1 aromatic heterocycles. The monoisotopic (exact) mass is 792 g/mol. The summed E-state index contributed by atoms with van der Waals surface area (Å²) >= 11 is 1.09. The second-order valence-electron chi connectivity index (χ2n) is 15.9. The van der Waals surface area contributed by atoms with Crippen LogP contribution in [0.15, 0.2) is 21.7 Å². The van der Waals surface area contributed by atoms with Crippen molar-refractivity contribution >= 4 is 50.9 Å². The molecule has 1 saturated heterocycles. The summed E-state index contributed by atoms with van der Waals surface area (Å²) in [5.41, 5.74) is -1.17. The number of likely N-dealkylation sites (N-methyl/N-ethyl adjacent to an activating group) is 1. The van der Waals surface area contributed by atoms with Gasteiger partial charge >= 0.3 is 12.2 Å². The normalized spacial score (nSPS) is 21.9. The zero-order valence-electron chi connectivity index (χ0n) is 31.9. The lowest BCUT2D eigenvalue weighted by Gasteiger charge is -2.38. The van der Waals surface area contributed by atoms with Gasteiger partial charge in [-0.15, -0.1) is 11.3 Å². The Morgan fingerprint density at radius 1 is 1.08 bits per heavy atom. The second kappa shape index (κ2) is 17.0. The van der Waals surface area contributed by atoms with Gasteiger partial charge in [-0.1, -0.05) is 74.3 Å². The van der Waals surface area contributed by atoms with Crippen molar-refractivity contribution in [2.24, 2.45) is 28.6 Å². The Morgan fingerprint density at radius 2 is 1.72 bits per heavy atom. The van der Waals surface area contributed by atoms with E-state index in [-0.39, 0.29) is 46.9 Å². The number of halogens is 3. The van der Waals surface area contributed by atoms with Crippen LogP contribution in [0.4, 0.5) is 18.0 Å². The zero-order valence-corrected chi connectivity index (χ0v) is 33.6. The summed E-state index contributed by atoms with van der Waals surface area (Å²) in [4.78, 5) is 68.8. The number of carbonyl (C=O) groups excluding carboxylic acids is 5. The van der Waals surface area contributed by atoms with E-state index in [1.165, 1.54) is 22.3 Å². The molecule has 53 heavy (non-hydrogen) atoms. The quantitative estimate of drug-likeness (QED) is 0.173.